The number of benzene rings is 2. The monoisotopic (exact) mass is 360 g/mol. The minimum atomic E-state index is -0.165. The lowest BCUT2D eigenvalue weighted by atomic mass is 10.1. The van der Waals surface area contributed by atoms with Crippen molar-refractivity contribution in [2.75, 3.05) is 17.2 Å². The highest BCUT2D eigenvalue weighted by Gasteiger charge is 2.09. The highest BCUT2D eigenvalue weighted by atomic mass is 35.5. The molecule has 132 valence electrons. The van der Waals surface area contributed by atoms with Crippen molar-refractivity contribution in [3.63, 3.8) is 0 Å². The van der Waals surface area contributed by atoms with E-state index in [0.717, 1.165) is 12.0 Å². The minimum Gasteiger partial charge on any atom is -0.491 e. The quantitative estimate of drug-likeness (QED) is 0.774. The Hall–Kier alpha value is -2.53. The molecule has 0 atom stereocenters. The number of aryl methyl sites for hydroxylation is 1. The minimum absolute atomic E-state index is 0.158. The summed E-state index contributed by atoms with van der Waals surface area (Å²) < 4.78 is 5.53. The predicted octanol–water partition coefficient (Wildman–Crippen LogP) is 4.27. The second-order valence-corrected chi connectivity index (χ2v) is 5.89. The van der Waals surface area contributed by atoms with Crippen LogP contribution in [0.25, 0.3) is 0 Å². The number of nitrogens with one attached hydrogen (secondary N) is 2. The van der Waals surface area contributed by atoms with Gasteiger partial charge in [-0.1, -0.05) is 36.7 Å². The standard InChI is InChI=1S/C19H21ClN2O3/c1-3-14-8-9-15(21-13(2)23)12-17(14)22-19(24)10-11-25-18-7-5-4-6-16(18)20/h4-9,12H,3,10-11H2,1-2H3,(H,21,23)(H,22,24). The van der Waals surface area contributed by atoms with Gasteiger partial charge >= 0.3 is 0 Å². The van der Waals surface area contributed by atoms with Gasteiger partial charge in [0.1, 0.15) is 5.75 Å². The van der Waals surface area contributed by atoms with E-state index in [0.29, 0.717) is 22.1 Å². The smallest absolute Gasteiger partial charge is 0.227 e. The molecule has 0 aliphatic heterocycles. The van der Waals surface area contributed by atoms with Crippen LogP contribution in [-0.4, -0.2) is 18.4 Å². The fraction of sp³-hybridized carbons (Fsp3) is 0.263. The van der Waals surface area contributed by atoms with Crippen LogP contribution >= 0.6 is 11.6 Å². The van der Waals surface area contributed by atoms with Gasteiger partial charge in [0.05, 0.1) is 18.1 Å². The number of anilines is 2. The molecule has 0 bridgehead atoms. The summed E-state index contributed by atoms with van der Waals surface area (Å²) in [6.07, 6.45) is 0.963. The molecule has 2 rings (SSSR count). The van der Waals surface area contributed by atoms with Crippen LogP contribution in [0.2, 0.25) is 5.02 Å². The maximum absolute atomic E-state index is 12.2. The van der Waals surface area contributed by atoms with Crippen LogP contribution in [0.15, 0.2) is 42.5 Å². The lowest BCUT2D eigenvalue weighted by Gasteiger charge is -2.13. The van der Waals surface area contributed by atoms with Gasteiger partial charge in [-0.3, -0.25) is 9.59 Å². The first-order valence-electron chi connectivity index (χ1n) is 8.07. The van der Waals surface area contributed by atoms with Gasteiger partial charge in [0, 0.05) is 18.3 Å². The molecule has 5 nitrogen and oxygen atoms in total. The molecule has 0 aliphatic rings. The molecular weight excluding hydrogens is 340 g/mol. The zero-order valence-electron chi connectivity index (χ0n) is 14.3. The molecule has 2 N–H and O–H groups in total. The Bertz CT molecular complexity index is 762. The normalized spacial score (nSPS) is 10.2. The van der Waals surface area contributed by atoms with Crippen LogP contribution in [0.5, 0.6) is 5.75 Å². The number of halogens is 1. The van der Waals surface area contributed by atoms with Crippen LogP contribution in [0.4, 0.5) is 11.4 Å². The molecule has 2 aromatic carbocycles. The summed E-state index contributed by atoms with van der Waals surface area (Å²) >= 11 is 6.01. The van der Waals surface area contributed by atoms with Crippen molar-refractivity contribution in [3.8, 4) is 5.75 Å². The van der Waals surface area contributed by atoms with E-state index in [2.05, 4.69) is 10.6 Å². The van der Waals surface area contributed by atoms with Gasteiger partial charge in [0.15, 0.2) is 0 Å². The van der Waals surface area contributed by atoms with Crippen LogP contribution in [-0.2, 0) is 16.0 Å². The van der Waals surface area contributed by atoms with Gasteiger partial charge < -0.3 is 15.4 Å². The number of ether oxygens (including phenoxy) is 1. The van der Waals surface area contributed by atoms with E-state index in [1.54, 1.807) is 18.2 Å². The number of hydrogen-bond acceptors (Lipinski definition) is 3. The zero-order chi connectivity index (χ0) is 18.2. The average molecular weight is 361 g/mol. The van der Waals surface area contributed by atoms with E-state index >= 15 is 0 Å². The molecule has 0 spiro atoms. The molecular formula is C19H21ClN2O3. The van der Waals surface area contributed by atoms with Crippen molar-refractivity contribution in [1.82, 2.24) is 0 Å². The first kappa shape index (κ1) is 18.8. The number of carbonyl (C=O) groups is 2. The molecule has 0 heterocycles. The Morgan fingerprint density at radius 1 is 1.12 bits per heavy atom. The summed E-state index contributed by atoms with van der Waals surface area (Å²) in [5, 5.41) is 6.10. The van der Waals surface area contributed by atoms with E-state index in [1.807, 2.05) is 31.2 Å². The van der Waals surface area contributed by atoms with Crippen LogP contribution < -0.4 is 15.4 Å². The van der Waals surface area contributed by atoms with Crippen LogP contribution in [0, 0.1) is 0 Å². The summed E-state index contributed by atoms with van der Waals surface area (Å²) in [7, 11) is 0. The summed E-state index contributed by atoms with van der Waals surface area (Å²) in [6.45, 7) is 3.67. The fourth-order valence-electron chi connectivity index (χ4n) is 2.31. The molecule has 25 heavy (non-hydrogen) atoms. The average Bonchev–Trinajstić information content (AvgIpc) is 2.56. The highest BCUT2D eigenvalue weighted by Crippen LogP contribution is 2.24. The second kappa shape index (κ2) is 9.08. The summed E-state index contributed by atoms with van der Waals surface area (Å²) in [5.41, 5.74) is 2.33. The van der Waals surface area contributed by atoms with Crippen molar-refractivity contribution >= 4 is 34.8 Å². The van der Waals surface area contributed by atoms with Crippen molar-refractivity contribution in [2.24, 2.45) is 0 Å². The van der Waals surface area contributed by atoms with Crippen molar-refractivity contribution in [2.45, 2.75) is 26.7 Å². The van der Waals surface area contributed by atoms with Crippen molar-refractivity contribution in [1.29, 1.82) is 0 Å². The molecule has 0 fully saturated rings. The maximum atomic E-state index is 12.2. The van der Waals surface area contributed by atoms with E-state index < -0.39 is 0 Å². The lowest BCUT2D eigenvalue weighted by molar-refractivity contribution is -0.116. The first-order valence-corrected chi connectivity index (χ1v) is 8.45. The highest BCUT2D eigenvalue weighted by molar-refractivity contribution is 6.32. The number of amides is 2. The molecule has 0 aromatic heterocycles. The first-order chi connectivity index (χ1) is 12.0. The Labute approximate surface area is 152 Å². The van der Waals surface area contributed by atoms with Gasteiger partial charge in [0.25, 0.3) is 0 Å². The van der Waals surface area contributed by atoms with E-state index in [-0.39, 0.29) is 24.8 Å². The maximum Gasteiger partial charge on any atom is 0.227 e. The third kappa shape index (κ3) is 5.80. The largest absolute Gasteiger partial charge is 0.491 e. The Balaban J connectivity index is 1.95. The third-order valence-corrected chi connectivity index (χ3v) is 3.82. The Morgan fingerprint density at radius 3 is 2.56 bits per heavy atom. The molecule has 0 unspecified atom stereocenters. The number of rotatable bonds is 7. The Morgan fingerprint density at radius 2 is 1.88 bits per heavy atom. The van der Waals surface area contributed by atoms with Crippen molar-refractivity contribution < 1.29 is 14.3 Å². The van der Waals surface area contributed by atoms with Gasteiger partial charge in [-0.2, -0.15) is 0 Å². The zero-order valence-corrected chi connectivity index (χ0v) is 15.0. The molecule has 0 aliphatic carbocycles. The summed E-state index contributed by atoms with van der Waals surface area (Å²) in [4.78, 5) is 23.4. The molecule has 0 saturated carbocycles. The molecule has 0 saturated heterocycles. The van der Waals surface area contributed by atoms with Crippen LogP contribution in [0.1, 0.15) is 25.8 Å². The summed E-state index contributed by atoms with van der Waals surface area (Å²) in [6, 6.07) is 12.6. The topological polar surface area (TPSA) is 67.4 Å². The second-order valence-electron chi connectivity index (χ2n) is 5.48. The van der Waals surface area contributed by atoms with E-state index in [4.69, 9.17) is 16.3 Å². The van der Waals surface area contributed by atoms with Crippen molar-refractivity contribution in [3.05, 3.63) is 53.1 Å². The lowest BCUT2D eigenvalue weighted by Crippen LogP contribution is -2.16. The van der Waals surface area contributed by atoms with E-state index in [9.17, 15) is 9.59 Å². The number of hydrogen-bond donors (Lipinski definition) is 2. The van der Waals surface area contributed by atoms with Gasteiger partial charge in [-0.05, 0) is 36.2 Å². The molecule has 0 radical (unpaired) electrons. The number of para-hydroxylation sites is 1. The molecule has 6 heteroatoms. The van der Waals surface area contributed by atoms with Gasteiger partial charge in [-0.15, -0.1) is 0 Å². The molecule has 2 aromatic rings. The molecule has 2 amide bonds. The predicted molar refractivity (Wildman–Crippen MR) is 100 cm³/mol. The van der Waals surface area contributed by atoms with Gasteiger partial charge in [-0.25, -0.2) is 0 Å². The Kier molecular flexibility index (Phi) is 6.83. The fourth-order valence-corrected chi connectivity index (χ4v) is 2.50. The van der Waals surface area contributed by atoms with E-state index in [1.165, 1.54) is 6.92 Å². The van der Waals surface area contributed by atoms with Crippen LogP contribution in [0.3, 0.4) is 0 Å². The third-order valence-electron chi connectivity index (χ3n) is 3.51. The van der Waals surface area contributed by atoms with Gasteiger partial charge in [0.2, 0.25) is 11.8 Å². The summed E-state index contributed by atoms with van der Waals surface area (Å²) in [5.74, 6) is 0.232. The number of carbonyl (C=O) groups excluding carboxylic acids is 2. The SMILES string of the molecule is CCc1ccc(NC(C)=O)cc1NC(=O)CCOc1ccccc1Cl.